The molecule has 0 atom stereocenters. The van der Waals surface area contributed by atoms with Gasteiger partial charge in [-0.15, -0.1) is 0 Å². The second-order valence-corrected chi connectivity index (χ2v) is 7.18. The molecule has 1 heterocycles. The number of carbonyl (C=O) groups is 1. The third-order valence-corrected chi connectivity index (χ3v) is 5.73. The summed E-state index contributed by atoms with van der Waals surface area (Å²) in [6.45, 7) is 0. The molecule has 0 aliphatic heterocycles. The third kappa shape index (κ3) is 2.64. The van der Waals surface area contributed by atoms with Crippen LogP contribution in [0, 0.1) is 0 Å². The van der Waals surface area contributed by atoms with Crippen LogP contribution in [-0.2, 0) is 10.0 Å². The molecule has 0 radical (unpaired) electrons. The van der Waals surface area contributed by atoms with Gasteiger partial charge in [-0.05, 0) is 36.4 Å². The van der Waals surface area contributed by atoms with E-state index in [9.17, 15) is 13.2 Å². The fraction of sp³-hybridized carbons (Fsp3) is 0.0714. The first kappa shape index (κ1) is 15.4. The Labute approximate surface area is 136 Å². The van der Waals surface area contributed by atoms with Crippen molar-refractivity contribution in [3.05, 3.63) is 48.0 Å². The van der Waals surface area contributed by atoms with Crippen LogP contribution in [0.3, 0.4) is 0 Å². The summed E-state index contributed by atoms with van der Waals surface area (Å²) < 4.78 is 34.8. The predicted molar refractivity (Wildman–Crippen MR) is 86.4 cm³/mol. The molecule has 0 aliphatic rings. The number of nitrogens with zero attached hydrogens (tertiary/aromatic N) is 3. The van der Waals surface area contributed by atoms with Crippen LogP contribution in [0.2, 0.25) is 0 Å². The van der Waals surface area contributed by atoms with Crippen molar-refractivity contribution in [2.24, 2.45) is 0 Å². The molecule has 23 heavy (non-hydrogen) atoms. The van der Waals surface area contributed by atoms with Crippen molar-refractivity contribution in [1.29, 1.82) is 0 Å². The highest BCUT2D eigenvalue weighted by Gasteiger charge is 2.25. The summed E-state index contributed by atoms with van der Waals surface area (Å²) in [5.41, 5.74) is 1.29. The number of hydrogen-bond acceptors (Lipinski definition) is 6. The Balaban J connectivity index is 2.05. The number of fused-ring (bicyclic) bond motifs is 1. The molecule has 1 aromatic heterocycles. The smallest absolute Gasteiger partial charge is 0.335 e. The topological polar surface area (TPSA) is 100 Å². The molecule has 2 aromatic carbocycles. The van der Waals surface area contributed by atoms with E-state index < -0.39 is 16.0 Å². The summed E-state index contributed by atoms with van der Waals surface area (Å²) in [6, 6.07) is 10.4. The first-order chi connectivity index (χ1) is 10.9. The van der Waals surface area contributed by atoms with Gasteiger partial charge in [-0.1, -0.05) is 6.07 Å². The molecule has 1 N–H and O–H groups in total. The summed E-state index contributed by atoms with van der Waals surface area (Å²) >= 11 is 0.948. The number of hydrogen-bond donors (Lipinski definition) is 1. The Kier molecular flexibility index (Phi) is 3.74. The number of sulfonamides is 1. The van der Waals surface area contributed by atoms with E-state index in [0.29, 0.717) is 16.7 Å². The first-order valence-electron chi connectivity index (χ1n) is 6.45. The van der Waals surface area contributed by atoms with Crippen molar-refractivity contribution < 1.29 is 18.3 Å². The standard InChI is InChI=1S/C14H11N3O4S2/c1-17(10-7-5-9(6-8-10)14(18)19)23(20,21)12-4-2-3-11-13(12)16-22-15-11/h2-8H,1H3,(H,18,19). The van der Waals surface area contributed by atoms with E-state index in [1.807, 2.05) is 0 Å². The van der Waals surface area contributed by atoms with Gasteiger partial charge in [0.25, 0.3) is 10.0 Å². The number of benzene rings is 2. The van der Waals surface area contributed by atoms with E-state index in [4.69, 9.17) is 5.11 Å². The Hall–Kier alpha value is -2.52. The molecule has 7 nitrogen and oxygen atoms in total. The lowest BCUT2D eigenvalue weighted by Crippen LogP contribution is -2.26. The second kappa shape index (κ2) is 5.60. The van der Waals surface area contributed by atoms with Gasteiger partial charge in [0.05, 0.1) is 23.0 Å². The third-order valence-electron chi connectivity index (χ3n) is 3.37. The van der Waals surface area contributed by atoms with Gasteiger partial charge < -0.3 is 5.11 Å². The lowest BCUT2D eigenvalue weighted by molar-refractivity contribution is 0.0697. The maximum Gasteiger partial charge on any atom is 0.335 e. The minimum atomic E-state index is -3.83. The van der Waals surface area contributed by atoms with Crippen LogP contribution in [0.4, 0.5) is 5.69 Å². The first-order valence-corrected chi connectivity index (χ1v) is 8.62. The molecule has 3 aromatic rings. The lowest BCUT2D eigenvalue weighted by atomic mass is 10.2. The summed E-state index contributed by atoms with van der Waals surface area (Å²) in [4.78, 5) is 10.9. The van der Waals surface area contributed by atoms with Crippen LogP contribution in [0.15, 0.2) is 47.4 Å². The number of aromatic nitrogens is 2. The zero-order valence-corrected chi connectivity index (χ0v) is 13.5. The monoisotopic (exact) mass is 349 g/mol. The van der Waals surface area contributed by atoms with E-state index in [-0.39, 0.29) is 10.5 Å². The Morgan fingerprint density at radius 2 is 1.83 bits per heavy atom. The minimum Gasteiger partial charge on any atom is -0.478 e. The summed E-state index contributed by atoms with van der Waals surface area (Å²) in [7, 11) is -2.43. The predicted octanol–water partition coefficient (Wildman–Crippen LogP) is 2.21. The average Bonchev–Trinajstić information content (AvgIpc) is 3.02. The van der Waals surface area contributed by atoms with E-state index in [2.05, 4.69) is 8.75 Å². The van der Waals surface area contributed by atoms with Crippen LogP contribution in [-0.4, -0.2) is 35.3 Å². The van der Waals surface area contributed by atoms with Gasteiger partial charge in [0.15, 0.2) is 0 Å². The van der Waals surface area contributed by atoms with Crippen molar-refractivity contribution in [3.8, 4) is 0 Å². The number of anilines is 1. The van der Waals surface area contributed by atoms with Crippen molar-refractivity contribution >= 4 is 44.4 Å². The average molecular weight is 349 g/mol. The fourth-order valence-electron chi connectivity index (χ4n) is 2.09. The Morgan fingerprint density at radius 1 is 1.13 bits per heavy atom. The molecule has 0 amide bonds. The molecule has 118 valence electrons. The van der Waals surface area contributed by atoms with Crippen molar-refractivity contribution in [1.82, 2.24) is 8.75 Å². The highest BCUT2D eigenvalue weighted by Crippen LogP contribution is 2.27. The van der Waals surface area contributed by atoms with E-state index >= 15 is 0 Å². The number of rotatable bonds is 4. The molecule has 0 spiro atoms. The lowest BCUT2D eigenvalue weighted by Gasteiger charge is -2.19. The van der Waals surface area contributed by atoms with Crippen molar-refractivity contribution in [2.75, 3.05) is 11.4 Å². The van der Waals surface area contributed by atoms with Gasteiger partial charge in [-0.3, -0.25) is 4.31 Å². The molecular weight excluding hydrogens is 338 g/mol. The molecule has 9 heteroatoms. The highest BCUT2D eigenvalue weighted by molar-refractivity contribution is 7.93. The van der Waals surface area contributed by atoms with E-state index in [1.54, 1.807) is 12.1 Å². The summed E-state index contributed by atoms with van der Waals surface area (Å²) in [6.07, 6.45) is 0. The van der Waals surface area contributed by atoms with Crippen LogP contribution >= 0.6 is 11.7 Å². The molecule has 3 rings (SSSR count). The maximum atomic E-state index is 12.8. The van der Waals surface area contributed by atoms with Crippen LogP contribution in [0.25, 0.3) is 11.0 Å². The SMILES string of the molecule is CN(c1ccc(C(=O)O)cc1)S(=O)(=O)c1cccc2nsnc12. The maximum absolute atomic E-state index is 12.8. The van der Waals surface area contributed by atoms with Crippen molar-refractivity contribution in [2.45, 2.75) is 4.90 Å². The highest BCUT2D eigenvalue weighted by atomic mass is 32.2. The normalized spacial score (nSPS) is 11.5. The van der Waals surface area contributed by atoms with Gasteiger partial charge in [0.2, 0.25) is 0 Å². The van der Waals surface area contributed by atoms with E-state index in [0.717, 1.165) is 16.0 Å². The molecule has 0 fully saturated rings. The molecule has 0 unspecified atom stereocenters. The largest absolute Gasteiger partial charge is 0.478 e. The zero-order chi connectivity index (χ0) is 16.6. The minimum absolute atomic E-state index is 0.0635. The van der Waals surface area contributed by atoms with Gasteiger partial charge in [0, 0.05) is 7.05 Å². The van der Waals surface area contributed by atoms with Gasteiger partial charge >= 0.3 is 5.97 Å². The molecular formula is C14H11N3O4S2. The van der Waals surface area contributed by atoms with Gasteiger partial charge in [0.1, 0.15) is 15.9 Å². The van der Waals surface area contributed by atoms with Crippen LogP contribution in [0.5, 0.6) is 0 Å². The van der Waals surface area contributed by atoms with E-state index in [1.165, 1.54) is 37.4 Å². The van der Waals surface area contributed by atoms with Crippen LogP contribution in [0.1, 0.15) is 10.4 Å². The second-order valence-electron chi connectivity index (χ2n) is 4.71. The molecule has 0 aliphatic carbocycles. The molecule has 0 bridgehead atoms. The quantitative estimate of drug-likeness (QED) is 0.775. The Bertz CT molecular complexity index is 981. The number of aromatic carboxylic acids is 1. The fourth-order valence-corrected chi connectivity index (χ4v) is 4.04. The van der Waals surface area contributed by atoms with Gasteiger partial charge in [-0.2, -0.15) is 8.75 Å². The van der Waals surface area contributed by atoms with Crippen LogP contribution < -0.4 is 4.31 Å². The number of carboxylic acid groups (broad SMARTS) is 1. The van der Waals surface area contributed by atoms with Gasteiger partial charge in [-0.25, -0.2) is 13.2 Å². The molecule has 0 saturated heterocycles. The van der Waals surface area contributed by atoms with Crippen molar-refractivity contribution in [3.63, 3.8) is 0 Å². The zero-order valence-electron chi connectivity index (χ0n) is 11.9. The Morgan fingerprint density at radius 3 is 2.48 bits per heavy atom. The summed E-state index contributed by atoms with van der Waals surface area (Å²) in [5, 5.41) is 8.90. The number of carboxylic acids is 1. The molecule has 0 saturated carbocycles. The summed E-state index contributed by atoms with van der Waals surface area (Å²) in [5.74, 6) is -1.07.